The fraction of sp³-hybridized carbons (Fsp3) is 0.429. The van der Waals surface area contributed by atoms with Crippen molar-refractivity contribution >= 4 is 17.8 Å². The van der Waals surface area contributed by atoms with Crippen molar-refractivity contribution in [2.45, 2.75) is 6.92 Å². The number of hydrogen-bond acceptors (Lipinski definition) is 3. The maximum atomic E-state index is 11.2. The summed E-state index contributed by atoms with van der Waals surface area (Å²) in [5.41, 5.74) is 4.86. The molecule has 4 amide bonds. The Bertz CT molecular complexity index is 239. The standard InChI is InChI=1S/C7H12N3O3/c1-4(5(8)11)6(12)10(3)7(13)9-2/h1-3H3,(H2,8,11)(H,9,13). The zero-order chi connectivity index (χ0) is 10.6. The molecule has 0 unspecified atom stereocenters. The lowest BCUT2D eigenvalue weighted by molar-refractivity contribution is -0.129. The molecule has 0 aromatic heterocycles. The van der Waals surface area contributed by atoms with Gasteiger partial charge in [-0.3, -0.25) is 14.5 Å². The lowest BCUT2D eigenvalue weighted by Gasteiger charge is -2.16. The molecule has 0 rings (SSSR count). The summed E-state index contributed by atoms with van der Waals surface area (Å²) in [6, 6.07) is -0.592. The number of imide groups is 1. The Labute approximate surface area is 76.1 Å². The Morgan fingerprint density at radius 3 is 2.08 bits per heavy atom. The van der Waals surface area contributed by atoms with Crippen molar-refractivity contribution in [2.75, 3.05) is 14.1 Å². The Kier molecular flexibility index (Phi) is 3.90. The summed E-state index contributed by atoms with van der Waals surface area (Å²) in [4.78, 5) is 33.5. The van der Waals surface area contributed by atoms with Gasteiger partial charge in [-0.1, -0.05) is 0 Å². The molecule has 0 spiro atoms. The van der Waals surface area contributed by atoms with Gasteiger partial charge < -0.3 is 11.1 Å². The fourth-order valence-electron chi connectivity index (χ4n) is 0.617. The van der Waals surface area contributed by atoms with E-state index in [4.69, 9.17) is 5.73 Å². The molecule has 0 saturated carbocycles. The molecule has 0 aromatic carbocycles. The highest BCUT2D eigenvalue weighted by Gasteiger charge is 2.26. The highest BCUT2D eigenvalue weighted by atomic mass is 16.2. The molecule has 1 radical (unpaired) electrons. The molecule has 0 aromatic rings. The number of urea groups is 1. The Hall–Kier alpha value is -1.59. The van der Waals surface area contributed by atoms with E-state index in [9.17, 15) is 14.4 Å². The van der Waals surface area contributed by atoms with Gasteiger partial charge in [-0.25, -0.2) is 4.79 Å². The molecule has 0 saturated heterocycles. The minimum atomic E-state index is -0.833. The molecule has 6 nitrogen and oxygen atoms in total. The Morgan fingerprint density at radius 1 is 1.31 bits per heavy atom. The zero-order valence-corrected chi connectivity index (χ0v) is 7.75. The molecule has 0 fully saturated rings. The van der Waals surface area contributed by atoms with Crippen molar-refractivity contribution in [3.63, 3.8) is 0 Å². The average Bonchev–Trinajstić information content (AvgIpc) is 2.12. The van der Waals surface area contributed by atoms with E-state index < -0.39 is 17.8 Å². The summed E-state index contributed by atoms with van der Waals surface area (Å²) in [6.07, 6.45) is 0. The molecule has 6 heteroatoms. The highest BCUT2D eigenvalue weighted by Crippen LogP contribution is 2.01. The van der Waals surface area contributed by atoms with Crippen molar-refractivity contribution in [3.8, 4) is 0 Å². The van der Waals surface area contributed by atoms with E-state index in [1.807, 2.05) is 0 Å². The van der Waals surface area contributed by atoms with Crippen LogP contribution >= 0.6 is 0 Å². The normalized spacial score (nSPS) is 9.54. The van der Waals surface area contributed by atoms with Crippen LogP contribution in [0.25, 0.3) is 0 Å². The van der Waals surface area contributed by atoms with Gasteiger partial charge in [0.25, 0.3) is 0 Å². The SMILES string of the molecule is CNC(=O)N(C)C(=O)[C](C)C(N)=O. The van der Waals surface area contributed by atoms with E-state index in [-0.39, 0.29) is 5.92 Å². The number of nitrogens with one attached hydrogen (secondary N) is 1. The summed E-state index contributed by atoms with van der Waals surface area (Å²) in [7, 11) is 2.64. The van der Waals surface area contributed by atoms with Gasteiger partial charge in [-0.2, -0.15) is 0 Å². The third-order valence-corrected chi connectivity index (χ3v) is 1.51. The first-order valence-electron chi connectivity index (χ1n) is 3.55. The van der Waals surface area contributed by atoms with Gasteiger partial charge in [0.05, 0.1) is 0 Å². The first-order valence-corrected chi connectivity index (χ1v) is 3.55. The first-order chi connectivity index (χ1) is 5.91. The number of rotatable bonds is 2. The van der Waals surface area contributed by atoms with E-state index in [0.29, 0.717) is 0 Å². The lowest BCUT2D eigenvalue weighted by Crippen LogP contribution is -2.44. The van der Waals surface area contributed by atoms with Gasteiger partial charge >= 0.3 is 6.03 Å². The Morgan fingerprint density at radius 2 is 1.77 bits per heavy atom. The van der Waals surface area contributed by atoms with Gasteiger partial charge in [-0.05, 0) is 6.92 Å². The maximum absolute atomic E-state index is 11.2. The van der Waals surface area contributed by atoms with E-state index >= 15 is 0 Å². The second kappa shape index (κ2) is 4.44. The second-order valence-corrected chi connectivity index (χ2v) is 2.41. The van der Waals surface area contributed by atoms with E-state index in [1.54, 1.807) is 0 Å². The van der Waals surface area contributed by atoms with Crippen LogP contribution in [-0.2, 0) is 9.59 Å². The minimum absolute atomic E-state index is 0.175. The third-order valence-electron chi connectivity index (χ3n) is 1.51. The molecule has 0 aliphatic heterocycles. The predicted octanol–water partition coefficient (Wildman–Crippen LogP) is -1.14. The van der Waals surface area contributed by atoms with Crippen LogP contribution in [0.1, 0.15) is 6.92 Å². The third kappa shape index (κ3) is 2.73. The first kappa shape index (κ1) is 11.4. The molecular weight excluding hydrogens is 174 g/mol. The maximum Gasteiger partial charge on any atom is 0.323 e. The highest BCUT2D eigenvalue weighted by molar-refractivity contribution is 6.16. The van der Waals surface area contributed by atoms with E-state index in [0.717, 1.165) is 4.90 Å². The van der Waals surface area contributed by atoms with Crippen molar-refractivity contribution in [3.05, 3.63) is 5.92 Å². The average molecular weight is 186 g/mol. The molecule has 0 aliphatic carbocycles. The van der Waals surface area contributed by atoms with Crippen LogP contribution in [-0.4, -0.2) is 36.8 Å². The summed E-state index contributed by atoms with van der Waals surface area (Å²) in [5, 5.41) is 2.24. The molecule has 0 bridgehead atoms. The molecule has 0 aliphatic rings. The van der Waals surface area contributed by atoms with Crippen molar-refractivity contribution in [1.82, 2.24) is 10.2 Å². The molecule has 3 N–H and O–H groups in total. The van der Waals surface area contributed by atoms with Crippen molar-refractivity contribution < 1.29 is 14.4 Å². The number of amides is 4. The van der Waals surface area contributed by atoms with Crippen LogP contribution in [0.3, 0.4) is 0 Å². The fourth-order valence-corrected chi connectivity index (χ4v) is 0.617. The van der Waals surface area contributed by atoms with Gasteiger partial charge in [0.2, 0.25) is 11.8 Å². The van der Waals surface area contributed by atoms with Crippen LogP contribution in [0.2, 0.25) is 0 Å². The zero-order valence-electron chi connectivity index (χ0n) is 7.75. The largest absolute Gasteiger partial charge is 0.369 e. The molecule has 0 atom stereocenters. The van der Waals surface area contributed by atoms with Crippen molar-refractivity contribution in [2.24, 2.45) is 5.73 Å². The minimum Gasteiger partial charge on any atom is -0.369 e. The number of primary amides is 1. The van der Waals surface area contributed by atoms with Gasteiger partial charge in [0, 0.05) is 14.1 Å². The van der Waals surface area contributed by atoms with Crippen LogP contribution in [0, 0.1) is 5.92 Å². The number of nitrogens with zero attached hydrogens (tertiary/aromatic N) is 1. The smallest absolute Gasteiger partial charge is 0.323 e. The lowest BCUT2D eigenvalue weighted by atomic mass is 10.1. The summed E-state index contributed by atoms with van der Waals surface area (Å²) in [6.45, 7) is 1.27. The van der Waals surface area contributed by atoms with Gasteiger partial charge in [-0.15, -0.1) is 0 Å². The number of hydrogen-bond donors (Lipinski definition) is 2. The van der Waals surface area contributed by atoms with Gasteiger partial charge in [0.15, 0.2) is 0 Å². The Balaban J connectivity index is 4.42. The van der Waals surface area contributed by atoms with E-state index in [1.165, 1.54) is 21.0 Å². The van der Waals surface area contributed by atoms with Crippen LogP contribution < -0.4 is 11.1 Å². The number of nitrogens with two attached hydrogens (primary N) is 1. The topological polar surface area (TPSA) is 92.5 Å². The quantitative estimate of drug-likeness (QED) is 0.534. The molecular formula is C7H12N3O3. The van der Waals surface area contributed by atoms with Crippen molar-refractivity contribution in [1.29, 1.82) is 0 Å². The monoisotopic (exact) mass is 186 g/mol. The second-order valence-electron chi connectivity index (χ2n) is 2.41. The van der Waals surface area contributed by atoms with Crippen LogP contribution in [0.4, 0.5) is 4.79 Å². The predicted molar refractivity (Wildman–Crippen MR) is 45.3 cm³/mol. The molecule has 73 valence electrons. The number of carbonyl (C=O) groups is 3. The molecule has 13 heavy (non-hydrogen) atoms. The van der Waals surface area contributed by atoms with Gasteiger partial charge in [0.1, 0.15) is 5.92 Å². The summed E-state index contributed by atoms with van der Waals surface area (Å²) < 4.78 is 0. The number of carbonyl (C=O) groups excluding carboxylic acids is 3. The summed E-state index contributed by atoms with van der Waals surface area (Å²) in [5.74, 6) is -1.71. The van der Waals surface area contributed by atoms with Crippen LogP contribution in [0.15, 0.2) is 0 Å². The molecule has 0 heterocycles. The summed E-state index contributed by atoms with van der Waals surface area (Å²) >= 11 is 0. The van der Waals surface area contributed by atoms with E-state index in [2.05, 4.69) is 5.32 Å². The van der Waals surface area contributed by atoms with Crippen LogP contribution in [0.5, 0.6) is 0 Å².